The maximum Gasteiger partial charge on any atom is 0.318 e. The third-order valence-corrected chi connectivity index (χ3v) is 2.53. The molecule has 0 aromatic heterocycles. The fourth-order valence-corrected chi connectivity index (χ4v) is 1.54. The summed E-state index contributed by atoms with van der Waals surface area (Å²) in [5.41, 5.74) is 5.15. The Balaban J connectivity index is 4.28. The fourth-order valence-electron chi connectivity index (χ4n) is 1.54. The zero-order valence-corrected chi connectivity index (χ0v) is 10.2. The highest BCUT2D eigenvalue weighted by molar-refractivity contribution is 5.72. The van der Waals surface area contributed by atoms with Crippen molar-refractivity contribution in [1.29, 1.82) is 0 Å². The van der Waals surface area contributed by atoms with Crippen molar-refractivity contribution in [3.63, 3.8) is 0 Å². The first kappa shape index (κ1) is 15.2. The number of aliphatic hydroxyl groups is 2. The van der Waals surface area contributed by atoms with Gasteiger partial charge in [0.15, 0.2) is 0 Å². The van der Waals surface area contributed by atoms with Crippen molar-refractivity contribution < 1.29 is 15.0 Å². The Bertz CT molecular complexity index is 186. The topological polar surface area (TPSA) is 86.8 Å². The summed E-state index contributed by atoms with van der Waals surface area (Å²) < 4.78 is 0. The first-order chi connectivity index (χ1) is 7.54. The number of urea groups is 1. The second kappa shape index (κ2) is 8.35. The SMILES string of the molecule is CCCCC(O)N(C(N)=O)C(O)CCCC. The van der Waals surface area contributed by atoms with Gasteiger partial charge < -0.3 is 15.9 Å². The summed E-state index contributed by atoms with van der Waals surface area (Å²) in [5, 5.41) is 19.5. The van der Waals surface area contributed by atoms with Crippen LogP contribution in [0.2, 0.25) is 0 Å². The van der Waals surface area contributed by atoms with E-state index in [4.69, 9.17) is 5.73 Å². The maximum atomic E-state index is 11.1. The number of hydrogen-bond acceptors (Lipinski definition) is 3. The number of nitrogens with zero attached hydrogens (tertiary/aromatic N) is 1. The van der Waals surface area contributed by atoms with Gasteiger partial charge in [-0.05, 0) is 25.7 Å². The van der Waals surface area contributed by atoms with Crippen LogP contribution in [0.25, 0.3) is 0 Å². The van der Waals surface area contributed by atoms with E-state index in [0.717, 1.165) is 30.6 Å². The van der Waals surface area contributed by atoms with Crippen LogP contribution in [0.15, 0.2) is 0 Å². The van der Waals surface area contributed by atoms with Crippen molar-refractivity contribution in [2.75, 3.05) is 0 Å². The Kier molecular flexibility index (Phi) is 7.93. The smallest absolute Gasteiger partial charge is 0.318 e. The number of hydrogen-bond donors (Lipinski definition) is 3. The molecule has 0 heterocycles. The van der Waals surface area contributed by atoms with E-state index in [2.05, 4.69) is 0 Å². The molecule has 0 fully saturated rings. The number of unbranched alkanes of at least 4 members (excludes halogenated alkanes) is 2. The Labute approximate surface area is 97.2 Å². The van der Waals surface area contributed by atoms with Gasteiger partial charge in [0.2, 0.25) is 0 Å². The zero-order valence-electron chi connectivity index (χ0n) is 10.2. The van der Waals surface area contributed by atoms with Crippen LogP contribution in [0, 0.1) is 0 Å². The van der Waals surface area contributed by atoms with E-state index < -0.39 is 18.5 Å². The van der Waals surface area contributed by atoms with Crippen molar-refractivity contribution in [1.82, 2.24) is 4.90 Å². The van der Waals surface area contributed by atoms with Gasteiger partial charge in [0.25, 0.3) is 0 Å². The summed E-state index contributed by atoms with van der Waals surface area (Å²) in [7, 11) is 0. The molecule has 0 aliphatic carbocycles. The van der Waals surface area contributed by atoms with Crippen LogP contribution in [0.4, 0.5) is 4.79 Å². The van der Waals surface area contributed by atoms with Crippen LogP contribution < -0.4 is 5.73 Å². The monoisotopic (exact) mass is 232 g/mol. The Hall–Kier alpha value is -0.810. The highest BCUT2D eigenvalue weighted by Gasteiger charge is 2.25. The van der Waals surface area contributed by atoms with E-state index in [1.54, 1.807) is 0 Å². The molecule has 0 aliphatic heterocycles. The number of nitrogens with two attached hydrogens (primary N) is 1. The lowest BCUT2D eigenvalue weighted by Crippen LogP contribution is -2.49. The Morgan fingerprint density at radius 1 is 1.12 bits per heavy atom. The molecule has 96 valence electrons. The average Bonchev–Trinajstić information content (AvgIpc) is 2.23. The van der Waals surface area contributed by atoms with E-state index in [1.807, 2.05) is 13.8 Å². The fraction of sp³-hybridized carbons (Fsp3) is 0.909. The predicted molar refractivity (Wildman–Crippen MR) is 62.5 cm³/mol. The second-order valence-electron chi connectivity index (χ2n) is 3.99. The van der Waals surface area contributed by atoms with E-state index in [9.17, 15) is 15.0 Å². The number of carbonyl (C=O) groups is 1. The highest BCUT2D eigenvalue weighted by atomic mass is 16.3. The van der Waals surface area contributed by atoms with Gasteiger partial charge in [0.05, 0.1) is 0 Å². The van der Waals surface area contributed by atoms with Crippen LogP contribution in [-0.4, -0.2) is 33.6 Å². The van der Waals surface area contributed by atoms with E-state index in [-0.39, 0.29) is 0 Å². The molecule has 5 heteroatoms. The molecule has 0 aromatic rings. The van der Waals surface area contributed by atoms with Gasteiger partial charge in [-0.3, -0.25) is 4.90 Å². The van der Waals surface area contributed by atoms with Gasteiger partial charge in [-0.2, -0.15) is 0 Å². The molecule has 4 N–H and O–H groups in total. The summed E-state index contributed by atoms with van der Waals surface area (Å²) in [5.74, 6) is 0. The molecule has 2 amide bonds. The Morgan fingerprint density at radius 3 is 1.75 bits per heavy atom. The molecule has 0 spiro atoms. The minimum atomic E-state index is -0.982. The maximum absolute atomic E-state index is 11.1. The van der Waals surface area contributed by atoms with Crippen molar-refractivity contribution in [3.05, 3.63) is 0 Å². The van der Waals surface area contributed by atoms with E-state index in [1.165, 1.54) is 0 Å². The van der Waals surface area contributed by atoms with Crippen LogP contribution in [-0.2, 0) is 0 Å². The minimum absolute atomic E-state index is 0.447. The van der Waals surface area contributed by atoms with Crippen molar-refractivity contribution in [2.45, 2.75) is 64.8 Å². The summed E-state index contributed by atoms with van der Waals surface area (Å²) in [6.07, 6.45) is 2.37. The van der Waals surface area contributed by atoms with Gasteiger partial charge >= 0.3 is 6.03 Å². The second-order valence-corrected chi connectivity index (χ2v) is 3.99. The lowest BCUT2D eigenvalue weighted by atomic mass is 10.2. The molecule has 0 rings (SSSR count). The molecule has 2 atom stereocenters. The van der Waals surface area contributed by atoms with Crippen LogP contribution in [0.3, 0.4) is 0 Å². The molecule has 0 saturated heterocycles. The summed E-state index contributed by atoms with van der Waals surface area (Å²) in [4.78, 5) is 12.1. The lowest BCUT2D eigenvalue weighted by molar-refractivity contribution is -0.0747. The number of amides is 2. The predicted octanol–water partition coefficient (Wildman–Crippen LogP) is 1.38. The first-order valence-electron chi connectivity index (χ1n) is 5.98. The molecule has 0 saturated carbocycles. The van der Waals surface area contributed by atoms with Crippen LogP contribution in [0.1, 0.15) is 52.4 Å². The van der Waals surface area contributed by atoms with Gasteiger partial charge in [-0.25, -0.2) is 4.79 Å². The van der Waals surface area contributed by atoms with E-state index in [0.29, 0.717) is 12.8 Å². The van der Waals surface area contributed by atoms with Crippen LogP contribution in [0.5, 0.6) is 0 Å². The van der Waals surface area contributed by atoms with Gasteiger partial charge in [0.1, 0.15) is 12.5 Å². The summed E-state index contributed by atoms with van der Waals surface area (Å²) in [6.45, 7) is 3.99. The minimum Gasteiger partial charge on any atom is -0.373 e. The molecule has 2 unspecified atom stereocenters. The van der Waals surface area contributed by atoms with E-state index >= 15 is 0 Å². The summed E-state index contributed by atoms with van der Waals surface area (Å²) >= 11 is 0. The van der Waals surface area contributed by atoms with Crippen molar-refractivity contribution in [3.8, 4) is 0 Å². The molecule has 16 heavy (non-hydrogen) atoms. The standard InChI is InChI=1S/C11H24N2O3/c1-3-5-7-9(14)13(11(12)16)10(15)8-6-4-2/h9-10,14-15H,3-8H2,1-2H3,(H2,12,16). The molecular formula is C11H24N2O3. The van der Waals surface area contributed by atoms with Gasteiger partial charge in [-0.15, -0.1) is 0 Å². The number of carbonyl (C=O) groups excluding carboxylic acids is 1. The largest absolute Gasteiger partial charge is 0.373 e. The normalized spacial score (nSPS) is 14.5. The third-order valence-electron chi connectivity index (χ3n) is 2.53. The molecule has 0 radical (unpaired) electrons. The molecule has 5 nitrogen and oxygen atoms in total. The highest BCUT2D eigenvalue weighted by Crippen LogP contribution is 2.13. The van der Waals surface area contributed by atoms with Crippen molar-refractivity contribution >= 4 is 6.03 Å². The number of aliphatic hydroxyl groups excluding tert-OH is 2. The van der Waals surface area contributed by atoms with Crippen molar-refractivity contribution in [2.24, 2.45) is 5.73 Å². The first-order valence-corrected chi connectivity index (χ1v) is 5.98. The van der Waals surface area contributed by atoms with Crippen LogP contribution >= 0.6 is 0 Å². The zero-order chi connectivity index (χ0) is 12.6. The summed E-state index contributed by atoms with van der Waals surface area (Å²) in [6, 6.07) is -0.771. The average molecular weight is 232 g/mol. The number of rotatable bonds is 8. The molecular weight excluding hydrogens is 208 g/mol. The third kappa shape index (κ3) is 5.32. The van der Waals surface area contributed by atoms with Gasteiger partial charge in [0, 0.05) is 0 Å². The Morgan fingerprint density at radius 2 is 1.50 bits per heavy atom. The number of primary amides is 1. The quantitative estimate of drug-likeness (QED) is 0.553. The molecule has 0 aliphatic rings. The molecule has 0 aromatic carbocycles. The molecule has 0 bridgehead atoms. The van der Waals surface area contributed by atoms with Gasteiger partial charge in [-0.1, -0.05) is 26.7 Å². The lowest BCUT2D eigenvalue weighted by Gasteiger charge is -2.30.